The molecule has 0 bridgehead atoms. The average Bonchev–Trinajstić information content (AvgIpc) is 3.07. The van der Waals surface area contributed by atoms with Crippen LogP contribution in [0.1, 0.15) is 36.5 Å². The number of para-hydroxylation sites is 2. The number of benzene rings is 2. The quantitative estimate of drug-likeness (QED) is 0.535. The van der Waals surface area contributed by atoms with Crippen LogP contribution < -0.4 is 15.0 Å². The molecule has 3 atom stereocenters. The zero-order valence-corrected chi connectivity index (χ0v) is 18.6. The number of nitrogens with zero attached hydrogens (tertiary/aromatic N) is 1. The molecule has 0 spiro atoms. The second-order valence-electron chi connectivity index (χ2n) is 8.52. The molecule has 0 radical (unpaired) electrons. The Hall–Kier alpha value is -3.68. The fourth-order valence-electron chi connectivity index (χ4n) is 4.56. The summed E-state index contributed by atoms with van der Waals surface area (Å²) in [5.74, 6) is -1.36. The number of carbonyl (C=O) groups is 4. The molecule has 8 heteroatoms. The highest BCUT2D eigenvalue weighted by Crippen LogP contribution is 2.42. The summed E-state index contributed by atoms with van der Waals surface area (Å²) in [6, 6.07) is 13.1. The Morgan fingerprint density at radius 1 is 1.03 bits per heavy atom. The summed E-state index contributed by atoms with van der Waals surface area (Å²) >= 11 is 0. The third-order valence-corrected chi connectivity index (χ3v) is 6.24. The van der Waals surface area contributed by atoms with Gasteiger partial charge in [-0.2, -0.15) is 0 Å². The average molecular weight is 450 g/mol. The lowest BCUT2D eigenvalue weighted by Gasteiger charge is -2.25. The van der Waals surface area contributed by atoms with E-state index in [9.17, 15) is 19.2 Å². The molecule has 2 aliphatic rings. The number of ether oxygens (including phenoxy) is 2. The molecule has 0 unspecified atom stereocenters. The van der Waals surface area contributed by atoms with Crippen molar-refractivity contribution in [1.29, 1.82) is 0 Å². The van der Waals surface area contributed by atoms with Gasteiger partial charge in [-0.1, -0.05) is 25.1 Å². The molecule has 3 amide bonds. The molecule has 172 valence electrons. The molecule has 1 aliphatic carbocycles. The molecule has 2 fully saturated rings. The molecule has 1 N–H and O–H groups in total. The Morgan fingerprint density at radius 2 is 1.79 bits per heavy atom. The van der Waals surface area contributed by atoms with Crippen LogP contribution >= 0.6 is 0 Å². The fourth-order valence-corrected chi connectivity index (χ4v) is 4.56. The van der Waals surface area contributed by atoms with E-state index in [1.807, 2.05) is 0 Å². The first-order valence-electron chi connectivity index (χ1n) is 11.0. The van der Waals surface area contributed by atoms with Crippen molar-refractivity contribution in [2.24, 2.45) is 17.8 Å². The summed E-state index contributed by atoms with van der Waals surface area (Å²) in [5.41, 5.74) is 0.964. The highest BCUT2D eigenvalue weighted by atomic mass is 16.5. The minimum atomic E-state index is -0.725. The zero-order valence-electron chi connectivity index (χ0n) is 18.6. The molecule has 33 heavy (non-hydrogen) atoms. The second kappa shape index (κ2) is 9.44. The van der Waals surface area contributed by atoms with E-state index in [4.69, 9.17) is 9.47 Å². The van der Waals surface area contributed by atoms with Crippen molar-refractivity contribution in [3.8, 4) is 5.75 Å². The van der Waals surface area contributed by atoms with Crippen LogP contribution in [0.2, 0.25) is 0 Å². The van der Waals surface area contributed by atoms with Gasteiger partial charge in [0.25, 0.3) is 5.91 Å². The van der Waals surface area contributed by atoms with E-state index < -0.39 is 18.5 Å². The van der Waals surface area contributed by atoms with Crippen LogP contribution in [0.15, 0.2) is 48.5 Å². The molecule has 1 heterocycles. The monoisotopic (exact) mass is 450 g/mol. The van der Waals surface area contributed by atoms with Crippen molar-refractivity contribution in [3.63, 3.8) is 0 Å². The lowest BCUT2D eigenvalue weighted by molar-refractivity contribution is -0.122. The Kier molecular flexibility index (Phi) is 6.44. The summed E-state index contributed by atoms with van der Waals surface area (Å²) < 4.78 is 10.3. The summed E-state index contributed by atoms with van der Waals surface area (Å²) in [5, 5.41) is 2.63. The van der Waals surface area contributed by atoms with Crippen LogP contribution in [0.5, 0.6) is 5.75 Å². The number of rotatable bonds is 6. The Balaban J connectivity index is 1.41. The molecule has 1 saturated carbocycles. The summed E-state index contributed by atoms with van der Waals surface area (Å²) in [6.45, 7) is 1.60. The summed E-state index contributed by atoms with van der Waals surface area (Å²) in [7, 11) is 1.49. The van der Waals surface area contributed by atoms with Crippen molar-refractivity contribution in [1.82, 2.24) is 0 Å². The lowest BCUT2D eigenvalue weighted by Crippen LogP contribution is -2.31. The van der Waals surface area contributed by atoms with Crippen molar-refractivity contribution in [2.45, 2.75) is 26.2 Å². The number of hydrogen-bond donors (Lipinski definition) is 1. The standard InChI is InChI=1S/C25H26N2O6/c1-15-10-11-18-19(12-15)24(30)27(23(18)29)17-7-5-6-16(13-17)25(31)33-14-22(28)26-20-8-3-4-9-21(20)32-2/h3-9,13,15,18-19H,10-12,14H2,1-2H3,(H,26,28)/t15-,18-,19-/m1/s1. The van der Waals surface area contributed by atoms with Crippen molar-refractivity contribution < 1.29 is 28.7 Å². The number of methoxy groups -OCH3 is 1. The number of esters is 1. The van der Waals surface area contributed by atoms with Gasteiger partial charge in [-0.3, -0.25) is 19.3 Å². The molecule has 1 saturated heterocycles. The number of nitrogens with one attached hydrogen (secondary N) is 1. The zero-order chi connectivity index (χ0) is 23.5. The van der Waals surface area contributed by atoms with E-state index in [0.29, 0.717) is 35.9 Å². The summed E-state index contributed by atoms with van der Waals surface area (Å²) in [6.07, 6.45) is 2.34. The SMILES string of the molecule is COc1ccccc1NC(=O)COC(=O)c1cccc(N2C(=O)[C@@H]3CC[C@@H](C)C[C@H]3C2=O)c1. The van der Waals surface area contributed by atoms with Crippen LogP contribution in [-0.4, -0.2) is 37.4 Å². The van der Waals surface area contributed by atoms with E-state index in [0.717, 1.165) is 6.42 Å². The van der Waals surface area contributed by atoms with E-state index in [1.165, 1.54) is 24.1 Å². The van der Waals surface area contributed by atoms with Gasteiger partial charge in [-0.05, 0) is 55.5 Å². The predicted molar refractivity (Wildman–Crippen MR) is 121 cm³/mol. The largest absolute Gasteiger partial charge is 0.495 e. The van der Waals surface area contributed by atoms with Crippen molar-refractivity contribution >= 4 is 35.1 Å². The molecule has 1 aliphatic heterocycles. The number of imide groups is 1. The van der Waals surface area contributed by atoms with Gasteiger partial charge >= 0.3 is 5.97 Å². The van der Waals surface area contributed by atoms with E-state index >= 15 is 0 Å². The third kappa shape index (κ3) is 4.60. The highest BCUT2D eigenvalue weighted by molar-refractivity contribution is 6.22. The smallest absolute Gasteiger partial charge is 0.338 e. The van der Waals surface area contributed by atoms with Crippen LogP contribution in [0, 0.1) is 17.8 Å². The van der Waals surface area contributed by atoms with E-state index in [1.54, 1.807) is 36.4 Å². The van der Waals surface area contributed by atoms with Gasteiger partial charge in [0.2, 0.25) is 11.8 Å². The minimum absolute atomic E-state index is 0.154. The number of carbonyl (C=O) groups excluding carboxylic acids is 4. The van der Waals surface area contributed by atoms with Crippen LogP contribution in [0.25, 0.3) is 0 Å². The van der Waals surface area contributed by atoms with E-state index in [2.05, 4.69) is 12.2 Å². The molecule has 2 aromatic carbocycles. The Bertz CT molecular complexity index is 1100. The van der Waals surface area contributed by atoms with Gasteiger partial charge in [0.05, 0.1) is 35.9 Å². The van der Waals surface area contributed by atoms with Gasteiger partial charge < -0.3 is 14.8 Å². The highest BCUT2D eigenvalue weighted by Gasteiger charge is 2.50. The maximum Gasteiger partial charge on any atom is 0.338 e. The Labute approximate surface area is 191 Å². The molecular formula is C25H26N2O6. The van der Waals surface area contributed by atoms with Gasteiger partial charge in [-0.25, -0.2) is 4.79 Å². The maximum absolute atomic E-state index is 12.9. The fraction of sp³-hybridized carbons (Fsp3) is 0.360. The molecule has 8 nitrogen and oxygen atoms in total. The van der Waals surface area contributed by atoms with Crippen LogP contribution in [0.4, 0.5) is 11.4 Å². The van der Waals surface area contributed by atoms with Gasteiger partial charge in [0, 0.05) is 0 Å². The minimum Gasteiger partial charge on any atom is -0.495 e. The van der Waals surface area contributed by atoms with Crippen molar-refractivity contribution in [2.75, 3.05) is 23.9 Å². The van der Waals surface area contributed by atoms with Crippen molar-refractivity contribution in [3.05, 3.63) is 54.1 Å². The molecule has 2 aromatic rings. The second-order valence-corrected chi connectivity index (χ2v) is 8.52. The lowest BCUT2D eigenvalue weighted by atomic mass is 9.76. The maximum atomic E-state index is 12.9. The van der Waals surface area contributed by atoms with Gasteiger partial charge in [0.1, 0.15) is 5.75 Å². The van der Waals surface area contributed by atoms with E-state index in [-0.39, 0.29) is 29.2 Å². The third-order valence-electron chi connectivity index (χ3n) is 6.24. The first-order valence-corrected chi connectivity index (χ1v) is 11.0. The van der Waals surface area contributed by atoms with Crippen LogP contribution in [0.3, 0.4) is 0 Å². The first kappa shape index (κ1) is 22.5. The van der Waals surface area contributed by atoms with Gasteiger partial charge in [-0.15, -0.1) is 0 Å². The number of anilines is 2. The van der Waals surface area contributed by atoms with Gasteiger partial charge in [0.15, 0.2) is 6.61 Å². The number of fused-ring (bicyclic) bond motifs is 1. The Morgan fingerprint density at radius 3 is 2.58 bits per heavy atom. The normalized spacial score (nSPS) is 22.0. The first-order chi connectivity index (χ1) is 15.9. The van der Waals surface area contributed by atoms with Crippen LogP contribution in [-0.2, 0) is 19.1 Å². The topological polar surface area (TPSA) is 102 Å². The number of amides is 3. The molecule has 0 aromatic heterocycles. The molecular weight excluding hydrogens is 424 g/mol. The number of hydrogen-bond acceptors (Lipinski definition) is 6. The predicted octanol–water partition coefficient (Wildman–Crippen LogP) is 3.42. The molecule has 4 rings (SSSR count). The summed E-state index contributed by atoms with van der Waals surface area (Å²) in [4.78, 5) is 51.8.